The highest BCUT2D eigenvalue weighted by Crippen LogP contribution is 2.19. The summed E-state index contributed by atoms with van der Waals surface area (Å²) in [5.41, 5.74) is 1.19. The van der Waals surface area contributed by atoms with Crippen molar-refractivity contribution in [1.29, 1.82) is 5.26 Å². The van der Waals surface area contributed by atoms with Gasteiger partial charge in [-0.15, -0.1) is 0 Å². The van der Waals surface area contributed by atoms with E-state index in [2.05, 4.69) is 16.7 Å². The van der Waals surface area contributed by atoms with Gasteiger partial charge in [-0.05, 0) is 49.2 Å². The third-order valence-corrected chi connectivity index (χ3v) is 5.41. The molecule has 1 aromatic heterocycles. The van der Waals surface area contributed by atoms with E-state index >= 15 is 0 Å². The van der Waals surface area contributed by atoms with E-state index in [4.69, 9.17) is 14.4 Å². The first kappa shape index (κ1) is 22.0. The number of anilines is 1. The van der Waals surface area contributed by atoms with Crippen molar-refractivity contribution in [2.45, 2.75) is 25.5 Å². The molecule has 0 spiro atoms. The second kappa shape index (κ2) is 10.4. The van der Waals surface area contributed by atoms with Gasteiger partial charge in [0.1, 0.15) is 24.2 Å². The van der Waals surface area contributed by atoms with Crippen molar-refractivity contribution in [3.05, 3.63) is 83.8 Å². The van der Waals surface area contributed by atoms with Gasteiger partial charge in [0, 0.05) is 24.8 Å². The van der Waals surface area contributed by atoms with Crippen LogP contribution in [0.3, 0.4) is 0 Å². The van der Waals surface area contributed by atoms with Crippen LogP contribution in [0.2, 0.25) is 0 Å². The van der Waals surface area contributed by atoms with Crippen molar-refractivity contribution >= 4 is 17.6 Å². The van der Waals surface area contributed by atoms with E-state index in [1.165, 1.54) is 0 Å². The van der Waals surface area contributed by atoms with Crippen molar-refractivity contribution in [1.82, 2.24) is 10.2 Å². The van der Waals surface area contributed by atoms with Gasteiger partial charge in [-0.1, -0.05) is 30.3 Å². The molecule has 1 aliphatic rings. The highest BCUT2D eigenvalue weighted by atomic mass is 16.5. The number of ether oxygens (including phenoxy) is 1. The maximum Gasteiger partial charge on any atom is 0.321 e. The quantitative estimate of drug-likeness (QED) is 0.594. The normalized spacial score (nSPS) is 13.7. The number of nitriles is 1. The SMILES string of the molecule is N#Cc1ccccc1OCc1ccc(C(=O)NC2CCN(C(=O)Nc3ccccc3)CC2)o1. The minimum absolute atomic E-state index is 0.0365. The molecule has 1 aliphatic heterocycles. The molecule has 2 heterocycles. The molecular weight excluding hydrogens is 420 g/mol. The molecule has 2 N–H and O–H groups in total. The second-order valence-electron chi connectivity index (χ2n) is 7.69. The number of nitrogens with one attached hydrogen (secondary N) is 2. The number of para-hydroxylation sites is 2. The monoisotopic (exact) mass is 444 g/mol. The number of amides is 3. The molecule has 1 fully saturated rings. The van der Waals surface area contributed by atoms with E-state index in [-0.39, 0.29) is 30.3 Å². The summed E-state index contributed by atoms with van der Waals surface area (Å²) in [4.78, 5) is 26.7. The van der Waals surface area contributed by atoms with E-state index in [0.29, 0.717) is 43.0 Å². The number of carbonyl (C=O) groups excluding carboxylic acids is 2. The zero-order valence-electron chi connectivity index (χ0n) is 18.0. The summed E-state index contributed by atoms with van der Waals surface area (Å²) in [6, 6.07) is 21.4. The molecule has 0 saturated carbocycles. The van der Waals surface area contributed by atoms with Gasteiger partial charge in [0.25, 0.3) is 5.91 Å². The zero-order chi connectivity index (χ0) is 23.0. The smallest absolute Gasteiger partial charge is 0.321 e. The summed E-state index contributed by atoms with van der Waals surface area (Å²) >= 11 is 0. The third kappa shape index (κ3) is 5.71. The van der Waals surface area contributed by atoms with Crippen molar-refractivity contribution in [3.63, 3.8) is 0 Å². The van der Waals surface area contributed by atoms with E-state index in [0.717, 1.165) is 5.69 Å². The minimum Gasteiger partial charge on any atom is -0.484 e. The second-order valence-corrected chi connectivity index (χ2v) is 7.69. The lowest BCUT2D eigenvalue weighted by molar-refractivity contribution is 0.0887. The van der Waals surface area contributed by atoms with Gasteiger partial charge >= 0.3 is 6.03 Å². The summed E-state index contributed by atoms with van der Waals surface area (Å²) in [5, 5.41) is 15.0. The molecule has 0 unspecified atom stereocenters. The number of carbonyl (C=O) groups is 2. The predicted molar refractivity (Wildman–Crippen MR) is 122 cm³/mol. The Morgan fingerprint density at radius 3 is 2.52 bits per heavy atom. The average molecular weight is 444 g/mol. The van der Waals surface area contributed by atoms with Crippen molar-refractivity contribution in [2.75, 3.05) is 18.4 Å². The van der Waals surface area contributed by atoms with E-state index < -0.39 is 0 Å². The first-order valence-electron chi connectivity index (χ1n) is 10.7. The molecule has 0 radical (unpaired) electrons. The largest absolute Gasteiger partial charge is 0.484 e. The number of piperidine rings is 1. The molecule has 3 aromatic rings. The van der Waals surface area contributed by atoms with Crippen LogP contribution in [-0.4, -0.2) is 36.0 Å². The maximum atomic E-state index is 12.6. The number of nitrogens with zero attached hydrogens (tertiary/aromatic N) is 2. The highest BCUT2D eigenvalue weighted by Gasteiger charge is 2.25. The van der Waals surface area contributed by atoms with Gasteiger partial charge in [-0.3, -0.25) is 4.79 Å². The molecule has 3 amide bonds. The Hall–Kier alpha value is -4.25. The maximum absolute atomic E-state index is 12.6. The van der Waals surface area contributed by atoms with Gasteiger partial charge in [-0.2, -0.15) is 5.26 Å². The van der Waals surface area contributed by atoms with E-state index in [9.17, 15) is 9.59 Å². The number of likely N-dealkylation sites (tertiary alicyclic amines) is 1. The summed E-state index contributed by atoms with van der Waals surface area (Å²) in [5.74, 6) is 0.850. The highest BCUT2D eigenvalue weighted by molar-refractivity contribution is 5.92. The number of hydrogen-bond donors (Lipinski definition) is 2. The van der Waals surface area contributed by atoms with E-state index in [1.807, 2.05) is 30.3 Å². The molecule has 4 rings (SSSR count). The Labute approximate surface area is 191 Å². The molecule has 0 aliphatic carbocycles. The van der Waals surface area contributed by atoms with Crippen LogP contribution in [0.15, 0.2) is 71.1 Å². The van der Waals surface area contributed by atoms with Gasteiger partial charge in [-0.25, -0.2) is 4.79 Å². The van der Waals surface area contributed by atoms with Gasteiger partial charge in [0.2, 0.25) is 0 Å². The number of urea groups is 1. The van der Waals surface area contributed by atoms with Crippen molar-refractivity contribution in [3.8, 4) is 11.8 Å². The van der Waals surface area contributed by atoms with Gasteiger partial charge in [0.05, 0.1) is 5.56 Å². The van der Waals surface area contributed by atoms with Crippen LogP contribution in [0, 0.1) is 11.3 Å². The number of rotatable bonds is 6. The number of furan rings is 1. The Morgan fingerprint density at radius 1 is 1.03 bits per heavy atom. The Kier molecular flexibility index (Phi) is 6.90. The Balaban J connectivity index is 1.24. The van der Waals surface area contributed by atoms with Gasteiger partial charge < -0.3 is 24.7 Å². The van der Waals surface area contributed by atoms with Crippen LogP contribution in [0.5, 0.6) is 5.75 Å². The lowest BCUT2D eigenvalue weighted by atomic mass is 10.1. The van der Waals surface area contributed by atoms with E-state index in [1.54, 1.807) is 41.3 Å². The molecular formula is C25H24N4O4. The van der Waals surface area contributed by atoms with Gasteiger partial charge in [0.15, 0.2) is 5.76 Å². The minimum atomic E-state index is -0.300. The fraction of sp³-hybridized carbons (Fsp3) is 0.240. The predicted octanol–water partition coefficient (Wildman–Crippen LogP) is 4.16. The molecule has 8 heteroatoms. The van der Waals surface area contributed by atoms with Crippen LogP contribution in [-0.2, 0) is 6.61 Å². The number of hydrogen-bond acceptors (Lipinski definition) is 5. The molecule has 0 bridgehead atoms. The van der Waals surface area contributed by atoms with Crippen molar-refractivity contribution in [2.24, 2.45) is 0 Å². The molecule has 0 atom stereocenters. The van der Waals surface area contributed by atoms with Crippen molar-refractivity contribution < 1.29 is 18.7 Å². The summed E-state index contributed by atoms with van der Waals surface area (Å²) < 4.78 is 11.3. The Bertz CT molecular complexity index is 1140. The fourth-order valence-electron chi connectivity index (χ4n) is 3.62. The standard InChI is InChI=1S/C25H24N4O4/c26-16-18-6-4-5-9-22(18)32-17-21-10-11-23(33-21)24(30)27-20-12-14-29(15-13-20)25(31)28-19-7-2-1-3-8-19/h1-11,20H,12-15,17H2,(H,27,30)(H,28,31). The molecule has 33 heavy (non-hydrogen) atoms. The van der Waals surface area contributed by atoms with Crippen LogP contribution in [0.1, 0.15) is 34.7 Å². The Morgan fingerprint density at radius 2 is 1.76 bits per heavy atom. The average Bonchev–Trinajstić information content (AvgIpc) is 3.33. The van der Waals surface area contributed by atoms with Crippen LogP contribution >= 0.6 is 0 Å². The summed E-state index contributed by atoms with van der Waals surface area (Å²) in [6.45, 7) is 1.22. The summed E-state index contributed by atoms with van der Waals surface area (Å²) in [6.07, 6.45) is 1.32. The lowest BCUT2D eigenvalue weighted by Gasteiger charge is -2.32. The summed E-state index contributed by atoms with van der Waals surface area (Å²) in [7, 11) is 0. The zero-order valence-corrected chi connectivity index (χ0v) is 18.0. The van der Waals surface area contributed by atoms with Crippen LogP contribution in [0.4, 0.5) is 10.5 Å². The first-order valence-corrected chi connectivity index (χ1v) is 10.7. The topological polar surface area (TPSA) is 108 Å². The fourth-order valence-corrected chi connectivity index (χ4v) is 3.62. The molecule has 1 saturated heterocycles. The lowest BCUT2D eigenvalue weighted by Crippen LogP contribution is -2.47. The molecule has 8 nitrogen and oxygen atoms in total. The third-order valence-electron chi connectivity index (χ3n) is 5.41. The number of benzene rings is 2. The van der Waals surface area contributed by atoms with Crippen LogP contribution < -0.4 is 15.4 Å². The van der Waals surface area contributed by atoms with Crippen LogP contribution in [0.25, 0.3) is 0 Å². The molecule has 2 aromatic carbocycles. The molecule has 168 valence electrons. The first-order chi connectivity index (χ1) is 16.1.